The van der Waals surface area contributed by atoms with Crippen LogP contribution in [0.1, 0.15) is 51.2 Å². The van der Waals surface area contributed by atoms with E-state index in [1.165, 1.54) is 37.2 Å². The van der Waals surface area contributed by atoms with Crippen LogP contribution in [0.25, 0.3) is 0 Å². The number of carbonyl (C=O) groups is 1. The van der Waals surface area contributed by atoms with Gasteiger partial charge in [-0.2, -0.15) is 5.10 Å². The first-order valence-corrected chi connectivity index (χ1v) is 9.10. The Hall–Kier alpha value is -2.08. The van der Waals surface area contributed by atoms with Crippen LogP contribution >= 0.6 is 11.8 Å². The van der Waals surface area contributed by atoms with Crippen LogP contribution in [0, 0.1) is 0 Å². The number of furan rings is 1. The Morgan fingerprint density at radius 1 is 1.25 bits per heavy atom. The summed E-state index contributed by atoms with van der Waals surface area (Å²) in [6.45, 7) is 2.18. The molecule has 24 heavy (non-hydrogen) atoms. The molecule has 0 aliphatic rings. The number of carbonyl (C=O) groups excluding carboxylic acids is 1. The Balaban J connectivity index is 1.70. The lowest BCUT2D eigenvalue weighted by atomic mass is 10.1. The molecule has 5 nitrogen and oxygen atoms in total. The molecule has 0 saturated heterocycles. The van der Waals surface area contributed by atoms with Crippen LogP contribution in [0.5, 0.6) is 0 Å². The summed E-state index contributed by atoms with van der Waals surface area (Å²) in [6.07, 6.45) is 9.40. The molecule has 6 heteroatoms. The summed E-state index contributed by atoms with van der Waals surface area (Å²) in [5.74, 6) is 0.536. The fourth-order valence-electron chi connectivity index (χ4n) is 2.08. The zero-order chi connectivity index (χ0) is 17.0. The van der Waals surface area contributed by atoms with Crippen molar-refractivity contribution in [1.82, 2.24) is 10.4 Å². The third-order valence-corrected chi connectivity index (χ3v) is 4.20. The summed E-state index contributed by atoms with van der Waals surface area (Å²) >= 11 is 1.44. The van der Waals surface area contributed by atoms with Gasteiger partial charge in [-0.1, -0.05) is 38.7 Å². The Labute approximate surface area is 146 Å². The summed E-state index contributed by atoms with van der Waals surface area (Å²) in [4.78, 5) is 15.9. The summed E-state index contributed by atoms with van der Waals surface area (Å²) in [5, 5.41) is 5.53. The maximum absolute atomic E-state index is 11.6. The summed E-state index contributed by atoms with van der Waals surface area (Å²) in [6, 6.07) is 9.39. The van der Waals surface area contributed by atoms with Crippen molar-refractivity contribution in [2.24, 2.45) is 5.10 Å². The summed E-state index contributed by atoms with van der Waals surface area (Å²) < 4.78 is 5.62. The van der Waals surface area contributed by atoms with Gasteiger partial charge in [-0.3, -0.25) is 4.79 Å². The number of aromatic nitrogens is 1. The number of nitrogens with one attached hydrogen (secondary N) is 1. The lowest BCUT2D eigenvalue weighted by molar-refractivity contribution is -0.121. The lowest BCUT2D eigenvalue weighted by Crippen LogP contribution is -2.16. The monoisotopic (exact) mass is 345 g/mol. The van der Waals surface area contributed by atoms with Crippen LogP contribution < -0.4 is 5.43 Å². The largest absolute Gasteiger partial charge is 0.448 e. The first-order chi connectivity index (χ1) is 11.8. The standard InChI is InChI=1S/C18H23N3O2S/c1-2-3-4-5-6-9-16(22)21-20-14-15-11-12-18(23-15)24-17-10-7-8-13-19-17/h7-8,10-14H,2-6,9H2,1H3,(H,21,22)/b20-14-. The molecule has 2 heterocycles. The average Bonchev–Trinajstić information content (AvgIpc) is 3.03. The molecule has 0 aromatic carbocycles. The van der Waals surface area contributed by atoms with Gasteiger partial charge in [-0.15, -0.1) is 0 Å². The van der Waals surface area contributed by atoms with Crippen LogP contribution in [0.4, 0.5) is 0 Å². The number of amides is 1. The van der Waals surface area contributed by atoms with Gasteiger partial charge < -0.3 is 4.42 Å². The molecule has 0 bridgehead atoms. The highest BCUT2D eigenvalue weighted by atomic mass is 32.2. The van der Waals surface area contributed by atoms with Gasteiger partial charge in [-0.25, -0.2) is 10.4 Å². The van der Waals surface area contributed by atoms with Crippen molar-refractivity contribution in [3.8, 4) is 0 Å². The zero-order valence-corrected chi connectivity index (χ0v) is 14.7. The molecule has 0 unspecified atom stereocenters. The van der Waals surface area contributed by atoms with E-state index >= 15 is 0 Å². The number of rotatable bonds is 10. The molecule has 2 rings (SSSR count). The van der Waals surface area contributed by atoms with E-state index in [9.17, 15) is 4.79 Å². The molecule has 0 spiro atoms. The van der Waals surface area contributed by atoms with Crippen LogP contribution in [0.15, 0.2) is 56.2 Å². The van der Waals surface area contributed by atoms with Gasteiger partial charge in [0.15, 0.2) is 5.09 Å². The zero-order valence-electron chi connectivity index (χ0n) is 13.9. The fraction of sp³-hybridized carbons (Fsp3) is 0.389. The second kappa shape index (κ2) is 10.6. The smallest absolute Gasteiger partial charge is 0.240 e. The Bertz CT molecular complexity index is 641. The van der Waals surface area contributed by atoms with E-state index in [1.54, 1.807) is 6.20 Å². The van der Waals surface area contributed by atoms with Gasteiger partial charge in [0.05, 0.1) is 6.21 Å². The van der Waals surface area contributed by atoms with E-state index < -0.39 is 0 Å². The van der Waals surface area contributed by atoms with Crippen LogP contribution in [-0.2, 0) is 4.79 Å². The highest BCUT2D eigenvalue weighted by Crippen LogP contribution is 2.26. The fourth-order valence-corrected chi connectivity index (χ4v) is 2.82. The molecule has 2 aromatic heterocycles. The van der Waals surface area contributed by atoms with Gasteiger partial charge >= 0.3 is 0 Å². The second-order valence-electron chi connectivity index (χ2n) is 5.38. The number of pyridine rings is 1. The minimum Gasteiger partial charge on any atom is -0.448 e. The minimum atomic E-state index is -0.0580. The molecule has 0 aliphatic carbocycles. The molecule has 1 amide bonds. The molecule has 2 aromatic rings. The number of hydrogen-bond donors (Lipinski definition) is 1. The molecule has 128 valence electrons. The van der Waals surface area contributed by atoms with Gasteiger partial charge in [0.1, 0.15) is 10.8 Å². The molecule has 0 radical (unpaired) electrons. The number of hydrazone groups is 1. The van der Waals surface area contributed by atoms with Gasteiger partial charge in [0, 0.05) is 12.6 Å². The molecular weight excluding hydrogens is 322 g/mol. The van der Waals surface area contributed by atoms with E-state index in [1.807, 2.05) is 30.3 Å². The highest BCUT2D eigenvalue weighted by Gasteiger charge is 2.04. The van der Waals surface area contributed by atoms with Crippen LogP contribution in [0.3, 0.4) is 0 Å². The molecule has 0 aliphatic heterocycles. The normalized spacial score (nSPS) is 11.0. The van der Waals surface area contributed by atoms with E-state index in [0.29, 0.717) is 12.2 Å². The molecule has 0 saturated carbocycles. The minimum absolute atomic E-state index is 0.0580. The molecular formula is C18H23N3O2S. The van der Waals surface area contributed by atoms with Crippen molar-refractivity contribution in [2.45, 2.75) is 55.6 Å². The molecule has 0 atom stereocenters. The topological polar surface area (TPSA) is 67.5 Å². The highest BCUT2D eigenvalue weighted by molar-refractivity contribution is 7.99. The predicted molar refractivity (Wildman–Crippen MR) is 96.2 cm³/mol. The van der Waals surface area contributed by atoms with E-state index in [4.69, 9.17) is 4.42 Å². The Morgan fingerprint density at radius 3 is 2.92 bits per heavy atom. The van der Waals surface area contributed by atoms with E-state index in [0.717, 1.165) is 23.0 Å². The van der Waals surface area contributed by atoms with Gasteiger partial charge in [-0.05, 0) is 42.4 Å². The second-order valence-corrected chi connectivity index (χ2v) is 6.41. The number of unbranched alkanes of at least 4 members (excludes halogenated alkanes) is 4. The first kappa shape index (κ1) is 18.3. The van der Waals surface area contributed by atoms with Crippen molar-refractivity contribution in [2.75, 3.05) is 0 Å². The third-order valence-electron chi connectivity index (χ3n) is 3.33. The average molecular weight is 345 g/mol. The Morgan fingerprint density at radius 2 is 2.12 bits per heavy atom. The number of nitrogens with zero attached hydrogens (tertiary/aromatic N) is 2. The third kappa shape index (κ3) is 7.00. The van der Waals surface area contributed by atoms with E-state index in [-0.39, 0.29) is 5.91 Å². The summed E-state index contributed by atoms with van der Waals surface area (Å²) in [5.41, 5.74) is 2.53. The van der Waals surface area contributed by atoms with Crippen molar-refractivity contribution in [3.63, 3.8) is 0 Å². The molecule has 1 N–H and O–H groups in total. The van der Waals surface area contributed by atoms with Crippen molar-refractivity contribution >= 4 is 23.9 Å². The summed E-state index contributed by atoms with van der Waals surface area (Å²) in [7, 11) is 0. The maximum Gasteiger partial charge on any atom is 0.240 e. The van der Waals surface area contributed by atoms with Gasteiger partial charge in [0.25, 0.3) is 0 Å². The SMILES string of the molecule is CCCCCCCC(=O)N/N=C\c1ccc(Sc2ccccn2)o1. The van der Waals surface area contributed by atoms with Crippen molar-refractivity contribution in [1.29, 1.82) is 0 Å². The van der Waals surface area contributed by atoms with Crippen LogP contribution in [-0.4, -0.2) is 17.1 Å². The van der Waals surface area contributed by atoms with Gasteiger partial charge in [0.2, 0.25) is 5.91 Å². The van der Waals surface area contributed by atoms with Crippen LogP contribution in [0.2, 0.25) is 0 Å². The quantitative estimate of drug-likeness (QED) is 0.387. The molecule has 0 fully saturated rings. The Kier molecular flexibility index (Phi) is 8.10. The predicted octanol–water partition coefficient (Wildman–Crippen LogP) is 4.64. The first-order valence-electron chi connectivity index (χ1n) is 8.28. The lowest BCUT2D eigenvalue weighted by Gasteiger charge is -1.99. The van der Waals surface area contributed by atoms with Crippen molar-refractivity contribution in [3.05, 3.63) is 42.3 Å². The van der Waals surface area contributed by atoms with E-state index in [2.05, 4.69) is 22.4 Å². The van der Waals surface area contributed by atoms with Crippen molar-refractivity contribution < 1.29 is 9.21 Å². The number of hydrogen-bond acceptors (Lipinski definition) is 5. The maximum atomic E-state index is 11.6.